The molecule has 8 nitrogen and oxygen atoms in total. The highest BCUT2D eigenvalue weighted by molar-refractivity contribution is 5.95. The molecular formula is C29H26N4O4. The Bertz CT molecular complexity index is 1440. The van der Waals surface area contributed by atoms with Crippen molar-refractivity contribution in [1.82, 2.24) is 19.9 Å². The van der Waals surface area contributed by atoms with Crippen molar-refractivity contribution in [1.29, 1.82) is 0 Å². The summed E-state index contributed by atoms with van der Waals surface area (Å²) < 4.78 is 16.3. The number of methoxy groups -OCH3 is 1. The number of carbonyl (C=O) groups is 1. The second kappa shape index (κ2) is 9.89. The minimum atomic E-state index is 0.00457. The monoisotopic (exact) mass is 494 g/mol. The summed E-state index contributed by atoms with van der Waals surface area (Å²) in [5, 5.41) is 0. The van der Waals surface area contributed by atoms with Gasteiger partial charge in [-0.15, -0.1) is 0 Å². The number of pyridine rings is 1. The van der Waals surface area contributed by atoms with Gasteiger partial charge in [-0.1, -0.05) is 12.1 Å². The standard InChI is InChI=1S/C29H26N4O4/c1-35-23-4-2-3-21(15-23)24-17-31-28(20-7-11-30-12-8-20)32-27(24)19-9-13-33(14-10-19)29(34)22-5-6-25-26(16-22)37-18-36-25/h2-8,11-12,15-17,19H,9-10,13-14,18H2,1H3. The van der Waals surface area contributed by atoms with Gasteiger partial charge >= 0.3 is 0 Å². The Morgan fingerprint density at radius 1 is 0.973 bits per heavy atom. The molecule has 6 rings (SSSR count). The highest BCUT2D eigenvalue weighted by Gasteiger charge is 2.29. The van der Waals surface area contributed by atoms with Gasteiger partial charge < -0.3 is 19.1 Å². The number of hydrogen-bond donors (Lipinski definition) is 0. The van der Waals surface area contributed by atoms with Crippen molar-refractivity contribution in [3.63, 3.8) is 0 Å². The fraction of sp³-hybridized carbons (Fsp3) is 0.241. The number of amides is 1. The molecule has 0 saturated carbocycles. The molecule has 0 spiro atoms. The van der Waals surface area contributed by atoms with E-state index in [2.05, 4.69) is 16.0 Å². The van der Waals surface area contributed by atoms with Crippen LogP contribution in [0.15, 0.2) is 73.2 Å². The average molecular weight is 495 g/mol. The van der Waals surface area contributed by atoms with Gasteiger partial charge in [-0.2, -0.15) is 0 Å². The molecule has 8 heteroatoms. The van der Waals surface area contributed by atoms with Gasteiger partial charge in [0.2, 0.25) is 6.79 Å². The van der Waals surface area contributed by atoms with Crippen molar-refractivity contribution in [3.05, 3.63) is 84.4 Å². The van der Waals surface area contributed by atoms with Gasteiger partial charge in [0.1, 0.15) is 5.75 Å². The van der Waals surface area contributed by atoms with Crippen LogP contribution in [0, 0.1) is 0 Å². The Hall–Kier alpha value is -4.46. The highest BCUT2D eigenvalue weighted by atomic mass is 16.7. The lowest BCUT2D eigenvalue weighted by Crippen LogP contribution is -2.38. The molecular weight excluding hydrogens is 468 g/mol. The SMILES string of the molecule is COc1cccc(-c2cnc(-c3ccncc3)nc2C2CCN(C(=O)c3ccc4c(c3)OCO4)CC2)c1. The van der Waals surface area contributed by atoms with Crippen molar-refractivity contribution in [2.24, 2.45) is 0 Å². The number of likely N-dealkylation sites (tertiary alicyclic amines) is 1. The fourth-order valence-corrected chi connectivity index (χ4v) is 4.93. The maximum Gasteiger partial charge on any atom is 0.253 e. The molecule has 1 saturated heterocycles. The zero-order valence-corrected chi connectivity index (χ0v) is 20.5. The lowest BCUT2D eigenvalue weighted by atomic mass is 9.88. The number of fused-ring (bicyclic) bond motifs is 1. The average Bonchev–Trinajstić information content (AvgIpc) is 3.45. The van der Waals surface area contributed by atoms with E-state index in [0.717, 1.165) is 41.0 Å². The van der Waals surface area contributed by atoms with Gasteiger partial charge in [0.15, 0.2) is 17.3 Å². The van der Waals surface area contributed by atoms with Gasteiger partial charge in [-0.05, 0) is 60.9 Å². The summed E-state index contributed by atoms with van der Waals surface area (Å²) in [4.78, 5) is 29.0. The van der Waals surface area contributed by atoms with Gasteiger partial charge in [0.05, 0.1) is 12.8 Å². The number of carbonyl (C=O) groups excluding carboxylic acids is 1. The van der Waals surface area contributed by atoms with Crippen LogP contribution in [-0.4, -0.2) is 52.8 Å². The predicted molar refractivity (Wildman–Crippen MR) is 138 cm³/mol. The third-order valence-electron chi connectivity index (χ3n) is 6.93. The molecule has 1 fully saturated rings. The molecule has 2 aromatic carbocycles. The zero-order chi connectivity index (χ0) is 25.2. The van der Waals surface area contributed by atoms with E-state index in [1.54, 1.807) is 37.7 Å². The molecule has 2 aliphatic rings. The summed E-state index contributed by atoms with van der Waals surface area (Å²) in [6.07, 6.45) is 7.00. The first-order valence-corrected chi connectivity index (χ1v) is 12.3. The Kier molecular flexibility index (Phi) is 6.14. The summed E-state index contributed by atoms with van der Waals surface area (Å²) in [5.41, 5.74) is 4.52. The van der Waals surface area contributed by atoms with Crippen LogP contribution in [0.25, 0.3) is 22.5 Å². The third kappa shape index (κ3) is 4.58. The molecule has 0 N–H and O–H groups in total. The second-order valence-electron chi connectivity index (χ2n) is 9.09. The molecule has 0 aliphatic carbocycles. The molecule has 2 aromatic heterocycles. The largest absolute Gasteiger partial charge is 0.497 e. The normalized spacial score (nSPS) is 15.0. The summed E-state index contributed by atoms with van der Waals surface area (Å²) in [7, 11) is 1.66. The van der Waals surface area contributed by atoms with Crippen molar-refractivity contribution in [2.45, 2.75) is 18.8 Å². The Labute approximate surface area is 214 Å². The van der Waals surface area contributed by atoms with Crippen LogP contribution in [0.1, 0.15) is 34.8 Å². The van der Waals surface area contributed by atoms with Crippen LogP contribution >= 0.6 is 0 Å². The molecule has 37 heavy (non-hydrogen) atoms. The maximum atomic E-state index is 13.2. The third-order valence-corrected chi connectivity index (χ3v) is 6.93. The van der Waals surface area contributed by atoms with Crippen LogP contribution in [0.4, 0.5) is 0 Å². The van der Waals surface area contributed by atoms with Crippen LogP contribution in [0.5, 0.6) is 17.2 Å². The predicted octanol–water partition coefficient (Wildman–Crippen LogP) is 4.96. The number of rotatable bonds is 5. The molecule has 0 unspecified atom stereocenters. The minimum Gasteiger partial charge on any atom is -0.497 e. The molecule has 186 valence electrons. The van der Waals surface area contributed by atoms with Crippen LogP contribution in [-0.2, 0) is 0 Å². The summed E-state index contributed by atoms with van der Waals surface area (Å²) in [5.74, 6) is 2.94. The lowest BCUT2D eigenvalue weighted by molar-refractivity contribution is 0.0712. The fourth-order valence-electron chi connectivity index (χ4n) is 4.93. The number of piperidine rings is 1. The quantitative estimate of drug-likeness (QED) is 0.387. The number of nitrogens with zero attached hydrogens (tertiary/aromatic N) is 4. The molecule has 0 bridgehead atoms. The Morgan fingerprint density at radius 3 is 2.59 bits per heavy atom. The van der Waals surface area contributed by atoms with Crippen LogP contribution < -0.4 is 14.2 Å². The first kappa shape index (κ1) is 23.0. The molecule has 4 heterocycles. The minimum absolute atomic E-state index is 0.00457. The second-order valence-corrected chi connectivity index (χ2v) is 9.09. The topological polar surface area (TPSA) is 86.7 Å². The number of aromatic nitrogens is 3. The van der Waals surface area contributed by atoms with E-state index in [-0.39, 0.29) is 18.6 Å². The van der Waals surface area contributed by atoms with Gasteiger partial charge in [-0.3, -0.25) is 9.78 Å². The molecule has 0 atom stereocenters. The number of ether oxygens (including phenoxy) is 3. The first-order chi connectivity index (χ1) is 18.2. The van der Waals surface area contributed by atoms with Gasteiger partial charge in [-0.25, -0.2) is 9.97 Å². The van der Waals surface area contributed by atoms with E-state index in [1.807, 2.05) is 41.4 Å². The smallest absolute Gasteiger partial charge is 0.253 e. The zero-order valence-electron chi connectivity index (χ0n) is 20.5. The summed E-state index contributed by atoms with van der Waals surface area (Å²) in [6.45, 7) is 1.47. The molecule has 4 aromatic rings. The Balaban J connectivity index is 1.27. The molecule has 0 radical (unpaired) electrons. The van der Waals surface area contributed by atoms with E-state index in [0.29, 0.717) is 36.0 Å². The highest BCUT2D eigenvalue weighted by Crippen LogP contribution is 2.37. The number of hydrogen-bond acceptors (Lipinski definition) is 7. The van der Waals surface area contributed by atoms with Crippen molar-refractivity contribution in [3.8, 4) is 39.8 Å². The van der Waals surface area contributed by atoms with Crippen LogP contribution in [0.3, 0.4) is 0 Å². The molecule has 2 aliphatic heterocycles. The van der Waals surface area contributed by atoms with Gasteiger partial charge in [0, 0.05) is 54.3 Å². The van der Waals surface area contributed by atoms with Crippen molar-refractivity contribution >= 4 is 5.91 Å². The number of benzene rings is 2. The van der Waals surface area contributed by atoms with E-state index in [1.165, 1.54) is 0 Å². The summed E-state index contributed by atoms with van der Waals surface area (Å²) >= 11 is 0. The van der Waals surface area contributed by atoms with E-state index in [4.69, 9.17) is 19.2 Å². The summed E-state index contributed by atoms with van der Waals surface area (Å²) in [6, 6.07) is 17.1. The van der Waals surface area contributed by atoms with E-state index < -0.39 is 0 Å². The van der Waals surface area contributed by atoms with Crippen molar-refractivity contribution < 1.29 is 19.0 Å². The van der Waals surface area contributed by atoms with Crippen LogP contribution in [0.2, 0.25) is 0 Å². The Morgan fingerprint density at radius 2 is 1.78 bits per heavy atom. The van der Waals surface area contributed by atoms with E-state index in [9.17, 15) is 4.79 Å². The van der Waals surface area contributed by atoms with Gasteiger partial charge in [0.25, 0.3) is 5.91 Å². The van der Waals surface area contributed by atoms with E-state index >= 15 is 0 Å². The molecule has 1 amide bonds. The van der Waals surface area contributed by atoms with Crippen molar-refractivity contribution in [2.75, 3.05) is 27.0 Å². The maximum absolute atomic E-state index is 13.2. The first-order valence-electron chi connectivity index (χ1n) is 12.3. The lowest BCUT2D eigenvalue weighted by Gasteiger charge is -2.32.